The molecule has 6 nitrogen and oxygen atoms in total. The fourth-order valence-corrected chi connectivity index (χ4v) is 3.62. The minimum absolute atomic E-state index is 0.0156. The molecule has 6 heteroatoms. The SMILES string of the molecule is Cc1cc(C(=O)OCC(=O)N2C[C@H](C)O[C@@H](C)C2)c(C)n1-c1ccccc1. The molecule has 1 aromatic carbocycles. The minimum atomic E-state index is -0.479. The molecule has 2 heterocycles. The highest BCUT2D eigenvalue weighted by atomic mass is 16.5. The molecule has 1 amide bonds. The van der Waals surface area contributed by atoms with Gasteiger partial charge in [-0.3, -0.25) is 4.79 Å². The van der Waals surface area contributed by atoms with Crippen LogP contribution in [0.2, 0.25) is 0 Å². The van der Waals surface area contributed by atoms with Gasteiger partial charge in [-0.05, 0) is 45.9 Å². The van der Waals surface area contributed by atoms with Crippen LogP contribution in [-0.4, -0.2) is 53.2 Å². The summed E-state index contributed by atoms with van der Waals surface area (Å²) >= 11 is 0. The molecule has 0 N–H and O–H groups in total. The maximum absolute atomic E-state index is 12.5. The van der Waals surface area contributed by atoms with Crippen molar-refractivity contribution in [3.63, 3.8) is 0 Å². The van der Waals surface area contributed by atoms with Gasteiger partial charge in [-0.1, -0.05) is 18.2 Å². The Balaban J connectivity index is 1.68. The number of amides is 1. The summed E-state index contributed by atoms with van der Waals surface area (Å²) in [5, 5.41) is 0. The summed E-state index contributed by atoms with van der Waals surface area (Å²) in [6, 6.07) is 11.6. The second-order valence-corrected chi connectivity index (χ2v) is 7.09. The first kappa shape index (κ1) is 19.2. The van der Waals surface area contributed by atoms with Gasteiger partial charge in [0.25, 0.3) is 5.91 Å². The topological polar surface area (TPSA) is 60.8 Å². The third-order valence-electron chi connectivity index (χ3n) is 4.76. The first-order chi connectivity index (χ1) is 12.9. The lowest BCUT2D eigenvalue weighted by atomic mass is 10.2. The molecule has 0 aliphatic carbocycles. The average molecular weight is 370 g/mol. The van der Waals surface area contributed by atoms with Crippen LogP contribution in [0.4, 0.5) is 0 Å². The van der Waals surface area contributed by atoms with E-state index in [0.29, 0.717) is 18.7 Å². The summed E-state index contributed by atoms with van der Waals surface area (Å²) in [7, 11) is 0. The van der Waals surface area contributed by atoms with Crippen LogP contribution >= 0.6 is 0 Å². The fraction of sp³-hybridized carbons (Fsp3) is 0.429. The third kappa shape index (κ3) is 4.22. The molecule has 144 valence electrons. The van der Waals surface area contributed by atoms with Crippen LogP contribution in [-0.2, 0) is 14.3 Å². The largest absolute Gasteiger partial charge is 0.452 e. The number of morpholine rings is 1. The van der Waals surface area contributed by atoms with E-state index >= 15 is 0 Å². The Morgan fingerprint density at radius 2 is 1.74 bits per heavy atom. The molecule has 1 saturated heterocycles. The Bertz CT molecular complexity index is 818. The molecule has 1 aromatic heterocycles. The van der Waals surface area contributed by atoms with E-state index in [1.54, 1.807) is 11.0 Å². The lowest BCUT2D eigenvalue weighted by Gasteiger charge is -2.35. The molecule has 0 unspecified atom stereocenters. The van der Waals surface area contributed by atoms with Crippen molar-refractivity contribution in [3.05, 3.63) is 53.3 Å². The number of rotatable bonds is 4. The van der Waals surface area contributed by atoms with Gasteiger partial charge in [0.2, 0.25) is 0 Å². The zero-order valence-corrected chi connectivity index (χ0v) is 16.3. The lowest BCUT2D eigenvalue weighted by molar-refractivity contribution is -0.146. The predicted molar refractivity (Wildman–Crippen MR) is 102 cm³/mol. The normalized spacial score (nSPS) is 19.8. The number of carbonyl (C=O) groups is 2. The first-order valence-corrected chi connectivity index (χ1v) is 9.21. The standard InChI is InChI=1S/C21H26N2O4/c1-14-10-19(17(4)23(14)18-8-6-5-7-9-18)21(25)26-13-20(24)22-11-15(2)27-16(3)12-22/h5-10,15-16H,11-13H2,1-4H3/t15-,16-/m0/s1. The number of benzene rings is 1. The summed E-state index contributed by atoms with van der Waals surface area (Å²) in [5.74, 6) is -0.671. The number of ether oxygens (including phenoxy) is 2. The van der Waals surface area contributed by atoms with Crippen molar-refractivity contribution in [3.8, 4) is 5.69 Å². The van der Waals surface area contributed by atoms with E-state index in [4.69, 9.17) is 9.47 Å². The quantitative estimate of drug-likeness (QED) is 0.777. The van der Waals surface area contributed by atoms with E-state index in [1.165, 1.54) is 0 Å². The van der Waals surface area contributed by atoms with Crippen molar-refractivity contribution in [2.75, 3.05) is 19.7 Å². The lowest BCUT2D eigenvalue weighted by Crippen LogP contribution is -2.49. The van der Waals surface area contributed by atoms with E-state index in [1.807, 2.05) is 62.6 Å². The van der Waals surface area contributed by atoms with Crippen LogP contribution in [0.15, 0.2) is 36.4 Å². The minimum Gasteiger partial charge on any atom is -0.452 e. The van der Waals surface area contributed by atoms with Gasteiger partial charge in [0.15, 0.2) is 6.61 Å². The van der Waals surface area contributed by atoms with Gasteiger partial charge in [-0.15, -0.1) is 0 Å². The number of esters is 1. The van der Waals surface area contributed by atoms with Gasteiger partial charge >= 0.3 is 5.97 Å². The highest BCUT2D eigenvalue weighted by Gasteiger charge is 2.27. The Morgan fingerprint density at radius 1 is 1.11 bits per heavy atom. The third-order valence-corrected chi connectivity index (χ3v) is 4.76. The van der Waals surface area contributed by atoms with Crippen LogP contribution in [0.3, 0.4) is 0 Å². The maximum Gasteiger partial charge on any atom is 0.340 e. The first-order valence-electron chi connectivity index (χ1n) is 9.21. The van der Waals surface area contributed by atoms with Gasteiger partial charge in [0, 0.05) is 30.2 Å². The van der Waals surface area contributed by atoms with Gasteiger partial charge < -0.3 is 18.9 Å². The van der Waals surface area contributed by atoms with Crippen LogP contribution in [0.1, 0.15) is 35.6 Å². The number of para-hydroxylation sites is 1. The monoisotopic (exact) mass is 370 g/mol. The maximum atomic E-state index is 12.5. The fourth-order valence-electron chi connectivity index (χ4n) is 3.62. The summed E-state index contributed by atoms with van der Waals surface area (Å²) in [6.45, 7) is 8.46. The van der Waals surface area contributed by atoms with E-state index < -0.39 is 5.97 Å². The van der Waals surface area contributed by atoms with E-state index in [9.17, 15) is 9.59 Å². The van der Waals surface area contributed by atoms with Crippen molar-refractivity contribution < 1.29 is 19.1 Å². The van der Waals surface area contributed by atoms with E-state index in [-0.39, 0.29) is 24.7 Å². The molecule has 2 atom stereocenters. The van der Waals surface area contributed by atoms with Crippen molar-refractivity contribution in [1.29, 1.82) is 0 Å². The smallest absolute Gasteiger partial charge is 0.340 e. The van der Waals surface area contributed by atoms with Crippen LogP contribution < -0.4 is 0 Å². The number of aromatic nitrogens is 1. The van der Waals surface area contributed by atoms with Crippen molar-refractivity contribution in [2.24, 2.45) is 0 Å². The molecule has 0 radical (unpaired) electrons. The molecular formula is C21H26N2O4. The molecule has 0 saturated carbocycles. The summed E-state index contributed by atoms with van der Waals surface area (Å²) in [5.41, 5.74) is 3.20. The summed E-state index contributed by atoms with van der Waals surface area (Å²) < 4.78 is 12.9. The predicted octanol–water partition coefficient (Wildman–Crippen LogP) is 2.89. The van der Waals surface area contributed by atoms with Crippen LogP contribution in [0.5, 0.6) is 0 Å². The molecule has 2 aromatic rings. The van der Waals surface area contributed by atoms with E-state index in [2.05, 4.69) is 0 Å². The summed E-state index contributed by atoms with van der Waals surface area (Å²) in [4.78, 5) is 26.6. The van der Waals surface area contributed by atoms with Gasteiger partial charge in [-0.2, -0.15) is 0 Å². The van der Waals surface area contributed by atoms with Crippen LogP contribution in [0, 0.1) is 13.8 Å². The molecule has 27 heavy (non-hydrogen) atoms. The van der Waals surface area contributed by atoms with Gasteiger partial charge in [0.05, 0.1) is 17.8 Å². The molecule has 3 rings (SSSR count). The highest BCUT2D eigenvalue weighted by Crippen LogP contribution is 2.21. The average Bonchev–Trinajstić information content (AvgIpc) is 2.93. The number of nitrogens with zero attached hydrogens (tertiary/aromatic N) is 2. The van der Waals surface area contributed by atoms with Crippen molar-refractivity contribution in [1.82, 2.24) is 9.47 Å². The zero-order valence-electron chi connectivity index (χ0n) is 16.3. The molecule has 0 bridgehead atoms. The van der Waals surface area contributed by atoms with Crippen molar-refractivity contribution in [2.45, 2.75) is 39.9 Å². The zero-order chi connectivity index (χ0) is 19.6. The molecular weight excluding hydrogens is 344 g/mol. The Labute approximate surface area is 159 Å². The van der Waals surface area contributed by atoms with Crippen LogP contribution in [0.25, 0.3) is 5.69 Å². The molecule has 0 spiro atoms. The number of hydrogen-bond acceptors (Lipinski definition) is 4. The van der Waals surface area contributed by atoms with Gasteiger partial charge in [0.1, 0.15) is 0 Å². The second-order valence-electron chi connectivity index (χ2n) is 7.09. The van der Waals surface area contributed by atoms with Gasteiger partial charge in [-0.25, -0.2) is 4.79 Å². The number of carbonyl (C=O) groups excluding carboxylic acids is 2. The molecule has 1 aliphatic heterocycles. The molecule has 1 aliphatic rings. The highest BCUT2D eigenvalue weighted by molar-refractivity contribution is 5.93. The Kier molecular flexibility index (Phi) is 5.65. The second kappa shape index (κ2) is 7.96. The van der Waals surface area contributed by atoms with Crippen molar-refractivity contribution >= 4 is 11.9 Å². The molecule has 1 fully saturated rings. The Hall–Kier alpha value is -2.60. The number of aryl methyl sites for hydroxylation is 1. The number of hydrogen-bond donors (Lipinski definition) is 0. The van der Waals surface area contributed by atoms with E-state index in [0.717, 1.165) is 17.1 Å². The Morgan fingerprint density at radius 3 is 2.37 bits per heavy atom. The summed E-state index contributed by atoms with van der Waals surface area (Å²) in [6.07, 6.45) is -0.0311.